The zero-order valence-corrected chi connectivity index (χ0v) is 11.4. The van der Waals surface area contributed by atoms with E-state index in [1.807, 2.05) is 6.07 Å². The average molecular weight is 240 g/mol. The Kier molecular flexibility index (Phi) is 4.03. The quantitative estimate of drug-likeness (QED) is 0.767. The smallest absolute Gasteiger partial charge is 0.120 e. The first-order chi connectivity index (χ1) is 8.70. The van der Waals surface area contributed by atoms with E-state index in [1.165, 1.54) is 22.3 Å². The summed E-state index contributed by atoms with van der Waals surface area (Å²) in [4.78, 5) is 0. The monoisotopic (exact) mass is 240 g/mol. The molecule has 1 heteroatoms. The Labute approximate surface area is 109 Å². The molecular weight excluding hydrogens is 220 g/mol. The first-order valence-electron chi connectivity index (χ1n) is 6.47. The lowest BCUT2D eigenvalue weighted by Gasteiger charge is -2.11. The van der Waals surface area contributed by atoms with Gasteiger partial charge in [-0.15, -0.1) is 0 Å². The van der Waals surface area contributed by atoms with Gasteiger partial charge < -0.3 is 4.74 Å². The molecule has 94 valence electrons. The van der Waals surface area contributed by atoms with Crippen molar-refractivity contribution in [3.8, 4) is 5.75 Å². The molecule has 0 radical (unpaired) electrons. The highest BCUT2D eigenvalue weighted by molar-refractivity contribution is 5.34. The van der Waals surface area contributed by atoms with Crippen LogP contribution in [0.15, 0.2) is 42.5 Å². The molecule has 0 unspecified atom stereocenters. The van der Waals surface area contributed by atoms with E-state index in [9.17, 15) is 0 Å². The highest BCUT2D eigenvalue weighted by atomic mass is 16.5. The molecule has 2 aromatic rings. The van der Waals surface area contributed by atoms with Gasteiger partial charge in [-0.2, -0.15) is 0 Å². The van der Waals surface area contributed by atoms with Gasteiger partial charge in [0.15, 0.2) is 0 Å². The number of hydrogen-bond acceptors (Lipinski definition) is 1. The lowest BCUT2D eigenvalue weighted by molar-refractivity contribution is 0.305. The van der Waals surface area contributed by atoms with Gasteiger partial charge in [0.25, 0.3) is 0 Å². The second kappa shape index (κ2) is 5.72. The summed E-state index contributed by atoms with van der Waals surface area (Å²) < 4.78 is 5.87. The van der Waals surface area contributed by atoms with Crippen molar-refractivity contribution in [1.82, 2.24) is 0 Å². The molecule has 0 fully saturated rings. The molecule has 0 saturated heterocycles. The summed E-state index contributed by atoms with van der Waals surface area (Å²) in [6, 6.07) is 14.7. The predicted octanol–water partition coefficient (Wildman–Crippen LogP) is 4.44. The molecular formula is C17H20O. The summed E-state index contributed by atoms with van der Waals surface area (Å²) in [5, 5.41) is 0. The van der Waals surface area contributed by atoms with E-state index in [4.69, 9.17) is 4.74 Å². The topological polar surface area (TPSA) is 9.23 Å². The van der Waals surface area contributed by atoms with E-state index in [-0.39, 0.29) is 0 Å². The Bertz CT molecular complexity index is 529. The summed E-state index contributed by atoms with van der Waals surface area (Å²) in [6.45, 7) is 7.05. The van der Waals surface area contributed by atoms with Crippen molar-refractivity contribution >= 4 is 0 Å². The van der Waals surface area contributed by atoms with Crippen LogP contribution in [0.3, 0.4) is 0 Å². The van der Waals surface area contributed by atoms with Crippen molar-refractivity contribution in [2.75, 3.05) is 0 Å². The molecule has 0 atom stereocenters. The maximum absolute atomic E-state index is 5.87. The van der Waals surface area contributed by atoms with Gasteiger partial charge in [0.05, 0.1) is 0 Å². The number of ether oxygens (including phenoxy) is 1. The molecule has 0 aliphatic heterocycles. The third-order valence-electron chi connectivity index (χ3n) is 3.37. The molecule has 0 saturated carbocycles. The van der Waals surface area contributed by atoms with Crippen molar-refractivity contribution in [1.29, 1.82) is 0 Å². The molecule has 0 N–H and O–H groups in total. The second-order valence-electron chi connectivity index (χ2n) is 4.66. The molecule has 2 rings (SSSR count). The number of hydrogen-bond donors (Lipinski definition) is 0. The van der Waals surface area contributed by atoms with Crippen LogP contribution in [0.1, 0.15) is 29.2 Å². The molecule has 18 heavy (non-hydrogen) atoms. The molecule has 0 amide bonds. The highest BCUT2D eigenvalue weighted by Crippen LogP contribution is 2.19. The third-order valence-corrected chi connectivity index (χ3v) is 3.37. The molecule has 0 spiro atoms. The van der Waals surface area contributed by atoms with E-state index in [0.29, 0.717) is 6.61 Å². The molecule has 0 aromatic heterocycles. The Balaban J connectivity index is 2.09. The Morgan fingerprint density at radius 1 is 0.889 bits per heavy atom. The maximum Gasteiger partial charge on any atom is 0.120 e. The molecule has 0 aliphatic rings. The van der Waals surface area contributed by atoms with E-state index in [2.05, 4.69) is 57.2 Å². The average Bonchev–Trinajstić information content (AvgIpc) is 2.40. The van der Waals surface area contributed by atoms with E-state index in [0.717, 1.165) is 12.2 Å². The van der Waals surface area contributed by atoms with Gasteiger partial charge in [0.2, 0.25) is 0 Å². The van der Waals surface area contributed by atoms with Crippen molar-refractivity contribution in [2.45, 2.75) is 33.8 Å². The summed E-state index contributed by atoms with van der Waals surface area (Å²) in [7, 11) is 0. The fourth-order valence-corrected chi connectivity index (χ4v) is 2.01. The predicted molar refractivity (Wildman–Crippen MR) is 76.1 cm³/mol. The fraction of sp³-hybridized carbons (Fsp3) is 0.294. The van der Waals surface area contributed by atoms with Crippen molar-refractivity contribution in [3.63, 3.8) is 0 Å². The molecule has 0 bridgehead atoms. The Morgan fingerprint density at radius 2 is 1.61 bits per heavy atom. The van der Waals surface area contributed by atoms with Crippen LogP contribution in [-0.2, 0) is 13.0 Å². The van der Waals surface area contributed by atoms with Crippen molar-refractivity contribution in [2.24, 2.45) is 0 Å². The van der Waals surface area contributed by atoms with E-state index >= 15 is 0 Å². The third kappa shape index (κ3) is 2.92. The normalized spacial score (nSPS) is 10.4. The largest absolute Gasteiger partial charge is 0.489 e. The fourth-order valence-electron chi connectivity index (χ4n) is 2.01. The Morgan fingerprint density at radius 3 is 2.28 bits per heavy atom. The van der Waals surface area contributed by atoms with Gasteiger partial charge in [-0.25, -0.2) is 0 Å². The molecule has 2 aromatic carbocycles. The van der Waals surface area contributed by atoms with Crippen LogP contribution < -0.4 is 4.74 Å². The van der Waals surface area contributed by atoms with Crippen LogP contribution in [0, 0.1) is 13.8 Å². The van der Waals surface area contributed by atoms with Crippen LogP contribution >= 0.6 is 0 Å². The van der Waals surface area contributed by atoms with Crippen molar-refractivity contribution < 1.29 is 4.74 Å². The molecule has 0 aliphatic carbocycles. The first kappa shape index (κ1) is 12.7. The van der Waals surface area contributed by atoms with Crippen molar-refractivity contribution in [3.05, 3.63) is 64.7 Å². The molecule has 1 nitrogen and oxygen atoms in total. The Hall–Kier alpha value is -1.76. The van der Waals surface area contributed by atoms with E-state index in [1.54, 1.807) is 0 Å². The highest BCUT2D eigenvalue weighted by Gasteiger charge is 2.02. The lowest BCUT2D eigenvalue weighted by Crippen LogP contribution is -1.99. The number of benzene rings is 2. The summed E-state index contributed by atoms with van der Waals surface area (Å²) in [6.07, 6.45) is 1.05. The van der Waals surface area contributed by atoms with Crippen LogP contribution in [0.5, 0.6) is 5.75 Å². The first-order valence-corrected chi connectivity index (χ1v) is 6.47. The van der Waals surface area contributed by atoms with Gasteiger partial charge in [-0.05, 0) is 54.7 Å². The van der Waals surface area contributed by atoms with Crippen LogP contribution in [0.2, 0.25) is 0 Å². The minimum Gasteiger partial charge on any atom is -0.489 e. The van der Waals surface area contributed by atoms with Gasteiger partial charge in [0.1, 0.15) is 12.4 Å². The van der Waals surface area contributed by atoms with Gasteiger partial charge in [-0.3, -0.25) is 0 Å². The summed E-state index contributed by atoms with van der Waals surface area (Å²) >= 11 is 0. The standard InChI is InChI=1S/C17H20O/c1-4-15-7-5-6-8-16(15)12-18-17-10-9-13(2)14(3)11-17/h5-11H,4,12H2,1-3H3. The number of aryl methyl sites for hydroxylation is 3. The van der Waals surface area contributed by atoms with Crippen LogP contribution in [0.25, 0.3) is 0 Å². The van der Waals surface area contributed by atoms with Crippen LogP contribution in [-0.4, -0.2) is 0 Å². The summed E-state index contributed by atoms with van der Waals surface area (Å²) in [5.74, 6) is 0.948. The van der Waals surface area contributed by atoms with Gasteiger partial charge >= 0.3 is 0 Å². The lowest BCUT2D eigenvalue weighted by atomic mass is 10.1. The summed E-state index contributed by atoms with van der Waals surface area (Å²) in [5.41, 5.74) is 5.21. The molecule has 0 heterocycles. The minimum atomic E-state index is 0.645. The van der Waals surface area contributed by atoms with Gasteiger partial charge in [0, 0.05) is 0 Å². The van der Waals surface area contributed by atoms with Gasteiger partial charge in [-0.1, -0.05) is 37.3 Å². The minimum absolute atomic E-state index is 0.645. The zero-order valence-electron chi connectivity index (χ0n) is 11.4. The number of rotatable bonds is 4. The van der Waals surface area contributed by atoms with Crippen LogP contribution in [0.4, 0.5) is 0 Å². The van der Waals surface area contributed by atoms with E-state index < -0.39 is 0 Å². The SMILES string of the molecule is CCc1ccccc1COc1ccc(C)c(C)c1. The zero-order chi connectivity index (χ0) is 13.0. The second-order valence-corrected chi connectivity index (χ2v) is 4.66. The maximum atomic E-state index is 5.87.